The molecule has 0 atom stereocenters. The zero-order valence-electron chi connectivity index (χ0n) is 12.8. The van der Waals surface area contributed by atoms with Gasteiger partial charge < -0.3 is 15.0 Å². The van der Waals surface area contributed by atoms with Crippen LogP contribution in [0.4, 0.5) is 5.82 Å². The molecule has 0 saturated heterocycles. The lowest BCUT2D eigenvalue weighted by molar-refractivity contribution is 0.199. The zero-order valence-corrected chi connectivity index (χ0v) is 13.6. The van der Waals surface area contributed by atoms with Gasteiger partial charge in [-0.05, 0) is 13.0 Å². The molecule has 0 aliphatic rings. The maximum absolute atomic E-state index is 5.05. The molecule has 0 fully saturated rings. The molecule has 6 heteroatoms. The summed E-state index contributed by atoms with van der Waals surface area (Å²) in [6.45, 7) is 5.22. The molecule has 2 heterocycles. The Morgan fingerprint density at radius 1 is 1.38 bits per heavy atom. The highest BCUT2D eigenvalue weighted by Crippen LogP contribution is 2.21. The summed E-state index contributed by atoms with van der Waals surface area (Å²) in [6.07, 6.45) is 1.84. The van der Waals surface area contributed by atoms with Crippen molar-refractivity contribution in [1.29, 1.82) is 0 Å². The van der Waals surface area contributed by atoms with Crippen LogP contribution in [0.25, 0.3) is 0 Å². The molecule has 2 aromatic heterocycles. The van der Waals surface area contributed by atoms with E-state index in [1.807, 2.05) is 24.7 Å². The highest BCUT2D eigenvalue weighted by Gasteiger charge is 2.11. The Morgan fingerprint density at radius 2 is 2.24 bits per heavy atom. The minimum absolute atomic E-state index is 0.714. The topological polar surface area (TPSA) is 50.3 Å². The molecular formula is C15H22N4OS. The molecule has 0 bridgehead atoms. The molecule has 0 spiro atoms. The first-order valence-electron chi connectivity index (χ1n) is 6.96. The number of ether oxygens (including phenoxy) is 1. The van der Waals surface area contributed by atoms with Gasteiger partial charge >= 0.3 is 0 Å². The summed E-state index contributed by atoms with van der Waals surface area (Å²) in [4.78, 5) is 12.3. The molecule has 0 unspecified atom stereocenters. The maximum Gasteiger partial charge on any atom is 0.133 e. The first kappa shape index (κ1) is 15.9. The lowest BCUT2D eigenvalue weighted by Gasteiger charge is -2.21. The van der Waals surface area contributed by atoms with E-state index < -0.39 is 0 Å². The zero-order chi connectivity index (χ0) is 15.1. The molecule has 0 amide bonds. The van der Waals surface area contributed by atoms with Gasteiger partial charge in [-0.25, -0.2) is 9.97 Å². The third-order valence-corrected chi connectivity index (χ3v) is 4.17. The fourth-order valence-corrected chi connectivity index (χ4v) is 2.91. The molecule has 0 radical (unpaired) electrons. The van der Waals surface area contributed by atoms with Gasteiger partial charge in [-0.15, -0.1) is 11.3 Å². The van der Waals surface area contributed by atoms with Crippen molar-refractivity contribution >= 4 is 17.2 Å². The van der Waals surface area contributed by atoms with Crippen LogP contribution >= 0.6 is 11.3 Å². The van der Waals surface area contributed by atoms with Crippen molar-refractivity contribution < 1.29 is 4.74 Å². The summed E-state index contributed by atoms with van der Waals surface area (Å²) >= 11 is 1.69. The number of hydrogen-bond acceptors (Lipinski definition) is 6. The van der Waals surface area contributed by atoms with Crippen molar-refractivity contribution in [2.75, 3.05) is 32.2 Å². The van der Waals surface area contributed by atoms with Gasteiger partial charge in [0.2, 0.25) is 0 Å². The first-order chi connectivity index (χ1) is 10.2. The number of anilines is 1. The molecule has 2 aromatic rings. The monoisotopic (exact) mass is 306 g/mol. The lowest BCUT2D eigenvalue weighted by atomic mass is 10.2. The second-order valence-electron chi connectivity index (χ2n) is 4.87. The Hall–Kier alpha value is -1.50. The highest BCUT2D eigenvalue weighted by atomic mass is 32.1. The minimum atomic E-state index is 0.714. The smallest absolute Gasteiger partial charge is 0.133 e. The molecule has 5 nitrogen and oxygen atoms in total. The third kappa shape index (κ3) is 4.49. The molecule has 1 N–H and O–H groups in total. The molecule has 0 aromatic carbocycles. The number of rotatable bonds is 8. The van der Waals surface area contributed by atoms with Gasteiger partial charge in [0.05, 0.1) is 24.4 Å². The van der Waals surface area contributed by atoms with Gasteiger partial charge in [-0.1, -0.05) is 6.07 Å². The number of hydrogen-bond donors (Lipinski definition) is 1. The summed E-state index contributed by atoms with van der Waals surface area (Å²) < 4.78 is 5.05. The number of pyridine rings is 1. The Balaban J connectivity index is 2.02. The molecular weight excluding hydrogens is 284 g/mol. The second kappa shape index (κ2) is 8.07. The molecule has 0 saturated carbocycles. The van der Waals surface area contributed by atoms with Gasteiger partial charge in [-0.2, -0.15) is 0 Å². The van der Waals surface area contributed by atoms with Gasteiger partial charge in [0.1, 0.15) is 5.82 Å². The fourth-order valence-electron chi connectivity index (χ4n) is 2.08. The lowest BCUT2D eigenvalue weighted by Crippen LogP contribution is -2.23. The Bertz CT molecular complexity index is 558. The summed E-state index contributed by atoms with van der Waals surface area (Å²) in [5.41, 5.74) is 4.19. The normalized spacial score (nSPS) is 10.8. The van der Waals surface area contributed by atoms with Gasteiger partial charge in [0.15, 0.2) is 0 Å². The molecule has 0 aliphatic carbocycles. The average Bonchev–Trinajstić information content (AvgIpc) is 2.89. The van der Waals surface area contributed by atoms with E-state index in [1.54, 1.807) is 18.4 Å². The fraction of sp³-hybridized carbons (Fsp3) is 0.467. The summed E-state index contributed by atoms with van der Waals surface area (Å²) in [5.74, 6) is 1.01. The first-order valence-corrected chi connectivity index (χ1v) is 7.84. The van der Waals surface area contributed by atoms with Crippen LogP contribution in [-0.2, 0) is 17.8 Å². The van der Waals surface area contributed by atoms with Crippen LogP contribution in [0.1, 0.15) is 16.1 Å². The quantitative estimate of drug-likeness (QED) is 0.758. The minimum Gasteiger partial charge on any atom is -0.383 e. The number of nitrogens with one attached hydrogen (secondary N) is 1. The standard InChI is InChI=1S/C15H22N4OS/c1-12-14(21-11-18-12)10-19(2)15-13(5-4-6-17-15)9-16-7-8-20-3/h4-6,11,16H,7-10H2,1-3H3. The highest BCUT2D eigenvalue weighted by molar-refractivity contribution is 7.09. The second-order valence-corrected chi connectivity index (χ2v) is 5.81. The number of thiazole rings is 1. The van der Waals surface area contributed by atoms with Crippen molar-refractivity contribution in [2.45, 2.75) is 20.0 Å². The van der Waals surface area contributed by atoms with E-state index in [0.29, 0.717) is 6.61 Å². The van der Waals surface area contributed by atoms with Gasteiger partial charge in [-0.3, -0.25) is 0 Å². The molecule has 2 rings (SSSR count). The molecule has 114 valence electrons. The predicted octanol–water partition coefficient (Wildman–Crippen LogP) is 2.22. The largest absolute Gasteiger partial charge is 0.383 e. The average molecular weight is 306 g/mol. The Labute approximate surface area is 130 Å². The van der Waals surface area contributed by atoms with Crippen LogP contribution < -0.4 is 10.2 Å². The van der Waals surface area contributed by atoms with E-state index in [0.717, 1.165) is 31.1 Å². The van der Waals surface area contributed by atoms with Crippen molar-refractivity contribution in [3.8, 4) is 0 Å². The molecule has 0 aliphatic heterocycles. The number of nitrogens with zero attached hydrogens (tertiary/aromatic N) is 3. The third-order valence-electron chi connectivity index (χ3n) is 3.25. The SMILES string of the molecule is COCCNCc1cccnc1N(C)Cc1scnc1C. The van der Waals surface area contributed by atoms with Crippen LogP contribution in [0.2, 0.25) is 0 Å². The van der Waals surface area contributed by atoms with E-state index in [2.05, 4.69) is 33.3 Å². The van der Waals surface area contributed by atoms with Crippen LogP contribution in [0.3, 0.4) is 0 Å². The van der Waals surface area contributed by atoms with Crippen molar-refractivity contribution in [3.05, 3.63) is 40.0 Å². The number of methoxy groups -OCH3 is 1. The van der Waals surface area contributed by atoms with Crippen LogP contribution in [0, 0.1) is 6.92 Å². The van der Waals surface area contributed by atoms with Crippen LogP contribution in [0.5, 0.6) is 0 Å². The Kier molecular flexibility index (Phi) is 6.10. The van der Waals surface area contributed by atoms with Crippen LogP contribution in [-0.4, -0.2) is 37.3 Å². The van der Waals surface area contributed by atoms with Gasteiger partial charge in [0.25, 0.3) is 0 Å². The van der Waals surface area contributed by atoms with E-state index in [-0.39, 0.29) is 0 Å². The van der Waals surface area contributed by atoms with E-state index in [9.17, 15) is 0 Å². The van der Waals surface area contributed by atoms with Gasteiger partial charge in [0, 0.05) is 43.9 Å². The van der Waals surface area contributed by atoms with E-state index in [4.69, 9.17) is 4.74 Å². The number of aryl methyl sites for hydroxylation is 1. The summed E-state index contributed by atoms with van der Waals surface area (Å²) in [6, 6.07) is 4.08. The number of aromatic nitrogens is 2. The van der Waals surface area contributed by atoms with Crippen LogP contribution in [0.15, 0.2) is 23.8 Å². The van der Waals surface area contributed by atoms with Crippen molar-refractivity contribution in [2.24, 2.45) is 0 Å². The Morgan fingerprint density at radius 3 is 2.95 bits per heavy atom. The van der Waals surface area contributed by atoms with E-state index in [1.165, 1.54) is 10.4 Å². The van der Waals surface area contributed by atoms with Crippen molar-refractivity contribution in [3.63, 3.8) is 0 Å². The molecule has 21 heavy (non-hydrogen) atoms. The van der Waals surface area contributed by atoms with Crippen molar-refractivity contribution in [1.82, 2.24) is 15.3 Å². The van der Waals surface area contributed by atoms with E-state index >= 15 is 0 Å². The predicted molar refractivity (Wildman–Crippen MR) is 86.8 cm³/mol. The maximum atomic E-state index is 5.05. The summed E-state index contributed by atoms with van der Waals surface area (Å²) in [7, 11) is 3.78. The summed E-state index contributed by atoms with van der Waals surface area (Å²) in [5, 5.41) is 3.37.